The van der Waals surface area contributed by atoms with E-state index >= 15 is 0 Å². The number of hydrogen-bond acceptors (Lipinski definition) is 7. The first-order valence-corrected chi connectivity index (χ1v) is 9.70. The van der Waals surface area contributed by atoms with Crippen LogP contribution in [0.3, 0.4) is 0 Å². The Balaban J connectivity index is 1.82. The van der Waals surface area contributed by atoms with E-state index in [0.29, 0.717) is 22.2 Å². The Bertz CT molecular complexity index is 979. The second-order valence-electron chi connectivity index (χ2n) is 7.62. The predicted molar refractivity (Wildman–Crippen MR) is 111 cm³/mol. The number of fused-ring (bicyclic) bond motifs is 1. The molecule has 1 aliphatic rings. The molecule has 0 spiro atoms. The maximum atomic E-state index is 12.6. The minimum atomic E-state index is -0.570. The molecule has 1 aliphatic heterocycles. The van der Waals surface area contributed by atoms with Crippen LogP contribution in [0.15, 0.2) is 21.3 Å². The molecule has 1 aromatic heterocycles. The molecule has 1 saturated heterocycles. The van der Waals surface area contributed by atoms with Gasteiger partial charge in [0.05, 0.1) is 17.4 Å². The molecule has 0 saturated carbocycles. The van der Waals surface area contributed by atoms with Gasteiger partial charge in [0, 0.05) is 18.8 Å². The summed E-state index contributed by atoms with van der Waals surface area (Å²) in [6.07, 6.45) is 2.02. The van der Waals surface area contributed by atoms with Gasteiger partial charge >= 0.3 is 5.63 Å². The first-order valence-electron chi connectivity index (χ1n) is 9.70. The van der Waals surface area contributed by atoms with Gasteiger partial charge in [0.15, 0.2) is 0 Å². The number of amides is 2. The fourth-order valence-corrected chi connectivity index (χ4v) is 3.45. The van der Waals surface area contributed by atoms with Crippen molar-refractivity contribution in [1.29, 1.82) is 0 Å². The molecule has 2 amide bonds. The number of benzene rings is 1. The zero-order valence-corrected chi connectivity index (χ0v) is 17.2. The molecule has 1 aromatic carbocycles. The topological polar surface area (TPSA) is 108 Å². The van der Waals surface area contributed by atoms with Crippen molar-refractivity contribution in [2.75, 3.05) is 44.4 Å². The molecule has 2 N–H and O–H groups in total. The van der Waals surface area contributed by atoms with Gasteiger partial charge in [-0.3, -0.25) is 9.59 Å². The number of nitrogens with zero attached hydrogens (tertiary/aromatic N) is 3. The number of rotatable bonds is 6. The average molecular weight is 401 g/mol. The molecule has 29 heavy (non-hydrogen) atoms. The number of aryl methyl sites for hydroxylation is 1. The van der Waals surface area contributed by atoms with Crippen molar-refractivity contribution in [3.05, 3.63) is 28.1 Å². The summed E-state index contributed by atoms with van der Waals surface area (Å²) in [6.45, 7) is 5.19. The Labute approximate surface area is 169 Å². The van der Waals surface area contributed by atoms with Gasteiger partial charge in [-0.15, -0.1) is 0 Å². The number of carbonyl (C=O) groups is 2. The van der Waals surface area contributed by atoms with Crippen LogP contribution in [0.1, 0.15) is 25.3 Å². The Kier molecular flexibility index (Phi) is 6.17. The van der Waals surface area contributed by atoms with Crippen molar-refractivity contribution >= 4 is 34.4 Å². The highest BCUT2D eigenvalue weighted by Gasteiger charge is 2.24. The number of aromatic nitrogens is 1. The molecule has 1 fully saturated rings. The molecule has 0 bridgehead atoms. The highest BCUT2D eigenvalue weighted by Crippen LogP contribution is 2.23. The van der Waals surface area contributed by atoms with Crippen molar-refractivity contribution < 1.29 is 14.0 Å². The second kappa shape index (κ2) is 8.60. The zero-order chi connectivity index (χ0) is 21.1. The van der Waals surface area contributed by atoms with E-state index in [2.05, 4.69) is 15.6 Å². The molecule has 9 nitrogen and oxygen atoms in total. The van der Waals surface area contributed by atoms with E-state index in [4.69, 9.17) is 4.42 Å². The minimum Gasteiger partial charge on any atom is -0.389 e. The van der Waals surface area contributed by atoms with Crippen LogP contribution in [-0.2, 0) is 9.59 Å². The largest absolute Gasteiger partial charge is 0.389 e. The normalized spacial score (nSPS) is 15.0. The SMILES string of the molecule is Cc1c(NC(=O)CN(C)C)ccc2nc(N[C@@H](C)C(=O)N3CCCC3)oc(=O)c12. The van der Waals surface area contributed by atoms with Gasteiger partial charge in [0.2, 0.25) is 11.8 Å². The molecule has 0 aliphatic carbocycles. The number of likely N-dealkylation sites (tertiary alicyclic amines) is 1. The molecule has 1 atom stereocenters. The van der Waals surface area contributed by atoms with E-state index in [1.165, 1.54) is 0 Å². The fraction of sp³-hybridized carbons (Fsp3) is 0.500. The second-order valence-corrected chi connectivity index (χ2v) is 7.62. The smallest absolute Gasteiger partial charge is 0.348 e. The zero-order valence-electron chi connectivity index (χ0n) is 17.2. The molecular formula is C20H27N5O4. The van der Waals surface area contributed by atoms with Crippen LogP contribution in [0.5, 0.6) is 0 Å². The molecule has 2 heterocycles. The first-order chi connectivity index (χ1) is 13.8. The van der Waals surface area contributed by atoms with E-state index in [0.717, 1.165) is 25.9 Å². The molecule has 0 unspecified atom stereocenters. The number of hydrogen-bond donors (Lipinski definition) is 2. The van der Waals surface area contributed by atoms with E-state index in [-0.39, 0.29) is 24.4 Å². The van der Waals surface area contributed by atoms with Crippen molar-refractivity contribution in [1.82, 2.24) is 14.8 Å². The maximum Gasteiger partial charge on any atom is 0.348 e. The first kappa shape index (κ1) is 20.8. The third-order valence-corrected chi connectivity index (χ3v) is 4.92. The van der Waals surface area contributed by atoms with Crippen LogP contribution in [0.4, 0.5) is 11.7 Å². The monoisotopic (exact) mass is 401 g/mol. The summed E-state index contributed by atoms with van der Waals surface area (Å²) in [5, 5.41) is 6.00. The quantitative estimate of drug-likeness (QED) is 0.754. The van der Waals surface area contributed by atoms with Gasteiger partial charge in [0.25, 0.3) is 6.01 Å². The summed E-state index contributed by atoms with van der Waals surface area (Å²) in [4.78, 5) is 45.0. The van der Waals surface area contributed by atoms with E-state index < -0.39 is 11.7 Å². The van der Waals surface area contributed by atoms with Crippen molar-refractivity contribution in [2.45, 2.75) is 32.7 Å². The highest BCUT2D eigenvalue weighted by molar-refractivity contribution is 5.96. The fourth-order valence-electron chi connectivity index (χ4n) is 3.45. The number of nitrogens with one attached hydrogen (secondary N) is 2. The molecular weight excluding hydrogens is 374 g/mol. The van der Waals surface area contributed by atoms with E-state index in [1.54, 1.807) is 49.9 Å². The molecule has 2 aromatic rings. The number of likely N-dealkylation sites (N-methyl/N-ethyl adjacent to an activating group) is 1. The van der Waals surface area contributed by atoms with Gasteiger partial charge in [-0.05, 0) is 58.5 Å². The Morgan fingerprint density at radius 3 is 2.62 bits per heavy atom. The predicted octanol–water partition coefficient (Wildman–Crippen LogP) is 1.42. The molecule has 156 valence electrons. The lowest BCUT2D eigenvalue weighted by Gasteiger charge is -2.20. The number of anilines is 2. The third-order valence-electron chi connectivity index (χ3n) is 4.92. The lowest BCUT2D eigenvalue weighted by molar-refractivity contribution is -0.130. The third kappa shape index (κ3) is 4.73. The van der Waals surface area contributed by atoms with Gasteiger partial charge in [-0.25, -0.2) is 4.79 Å². The summed E-state index contributed by atoms with van der Waals surface area (Å²) < 4.78 is 5.31. The van der Waals surface area contributed by atoms with Crippen molar-refractivity contribution in [3.63, 3.8) is 0 Å². The van der Waals surface area contributed by atoms with Gasteiger partial charge < -0.3 is 24.9 Å². The maximum absolute atomic E-state index is 12.6. The summed E-state index contributed by atoms with van der Waals surface area (Å²) >= 11 is 0. The number of carbonyl (C=O) groups excluding carboxylic acids is 2. The van der Waals surface area contributed by atoms with Gasteiger partial charge in [-0.2, -0.15) is 4.98 Å². The Hall–Kier alpha value is -2.94. The molecule has 3 rings (SSSR count). The standard InChI is InChI=1S/C20H27N5O4/c1-12-14(22-16(26)11-24(3)4)7-8-15-17(12)19(28)29-20(23-15)21-13(2)18(27)25-9-5-6-10-25/h7-8,13H,5-6,9-11H2,1-4H3,(H,21,23)(H,22,26)/t13-/m0/s1. The average Bonchev–Trinajstić information content (AvgIpc) is 3.17. The molecule has 0 radical (unpaired) electrons. The van der Waals surface area contributed by atoms with E-state index in [1.807, 2.05) is 0 Å². The summed E-state index contributed by atoms with van der Waals surface area (Å²) in [7, 11) is 3.60. The summed E-state index contributed by atoms with van der Waals surface area (Å²) in [5.41, 5.74) is 0.993. The van der Waals surface area contributed by atoms with E-state index in [9.17, 15) is 14.4 Å². The lowest BCUT2D eigenvalue weighted by atomic mass is 10.1. The minimum absolute atomic E-state index is 0.00587. The summed E-state index contributed by atoms with van der Waals surface area (Å²) in [6, 6.07) is 2.82. The van der Waals surface area contributed by atoms with Crippen LogP contribution in [0, 0.1) is 6.92 Å². The molecule has 9 heteroatoms. The van der Waals surface area contributed by atoms with Crippen LogP contribution in [0.2, 0.25) is 0 Å². The van der Waals surface area contributed by atoms with Gasteiger partial charge in [0.1, 0.15) is 6.04 Å². The Morgan fingerprint density at radius 1 is 1.28 bits per heavy atom. The highest BCUT2D eigenvalue weighted by atomic mass is 16.4. The van der Waals surface area contributed by atoms with Gasteiger partial charge in [-0.1, -0.05) is 0 Å². The van der Waals surface area contributed by atoms with Crippen LogP contribution in [-0.4, -0.2) is 66.4 Å². The van der Waals surface area contributed by atoms with Crippen molar-refractivity contribution in [3.8, 4) is 0 Å². The summed E-state index contributed by atoms with van der Waals surface area (Å²) in [5.74, 6) is -0.218. The Morgan fingerprint density at radius 2 is 1.97 bits per heavy atom. The van der Waals surface area contributed by atoms with Crippen molar-refractivity contribution in [2.24, 2.45) is 0 Å². The van der Waals surface area contributed by atoms with Crippen LogP contribution < -0.4 is 16.3 Å². The lowest BCUT2D eigenvalue weighted by Crippen LogP contribution is -2.39. The van der Waals surface area contributed by atoms with Crippen LogP contribution >= 0.6 is 0 Å². The van der Waals surface area contributed by atoms with Crippen LogP contribution in [0.25, 0.3) is 10.9 Å².